The minimum absolute atomic E-state index is 0.0670. The molecule has 1 aromatic carbocycles. The quantitative estimate of drug-likeness (QED) is 0.765. The van der Waals surface area contributed by atoms with Gasteiger partial charge in [-0.25, -0.2) is 0 Å². The number of hydrogen-bond donors (Lipinski definition) is 3. The van der Waals surface area contributed by atoms with E-state index < -0.39 is 0 Å². The summed E-state index contributed by atoms with van der Waals surface area (Å²) >= 11 is 0. The molecule has 1 rings (SSSR count). The SMILES string of the molecule is Cc1ccc(NC(=O)C(C)CN)cc1C(=O)NC(C)C. The molecule has 0 radical (unpaired) electrons. The van der Waals surface area contributed by atoms with Gasteiger partial charge in [0.05, 0.1) is 0 Å². The van der Waals surface area contributed by atoms with Gasteiger partial charge in [0.1, 0.15) is 0 Å². The fourth-order valence-electron chi connectivity index (χ4n) is 1.66. The van der Waals surface area contributed by atoms with E-state index in [-0.39, 0.29) is 23.8 Å². The molecule has 0 aliphatic rings. The van der Waals surface area contributed by atoms with E-state index in [0.29, 0.717) is 17.8 Å². The van der Waals surface area contributed by atoms with Gasteiger partial charge in [0.15, 0.2) is 0 Å². The molecule has 5 heteroatoms. The molecule has 0 aliphatic heterocycles. The van der Waals surface area contributed by atoms with Crippen LogP contribution in [0.4, 0.5) is 5.69 Å². The van der Waals surface area contributed by atoms with Crippen LogP contribution in [0, 0.1) is 12.8 Å². The van der Waals surface area contributed by atoms with Gasteiger partial charge >= 0.3 is 0 Å². The van der Waals surface area contributed by atoms with Crippen LogP contribution in [0.2, 0.25) is 0 Å². The highest BCUT2D eigenvalue weighted by Crippen LogP contribution is 2.16. The Bertz CT molecular complexity index is 498. The number of nitrogens with one attached hydrogen (secondary N) is 2. The number of carbonyl (C=O) groups is 2. The Labute approximate surface area is 119 Å². The molecule has 0 saturated heterocycles. The van der Waals surface area contributed by atoms with Crippen molar-refractivity contribution in [2.24, 2.45) is 11.7 Å². The summed E-state index contributed by atoms with van der Waals surface area (Å²) in [5.41, 5.74) is 7.50. The molecule has 20 heavy (non-hydrogen) atoms. The molecule has 0 fully saturated rings. The van der Waals surface area contributed by atoms with E-state index in [1.165, 1.54) is 0 Å². The number of anilines is 1. The van der Waals surface area contributed by atoms with Crippen molar-refractivity contribution in [3.63, 3.8) is 0 Å². The Hall–Kier alpha value is -1.88. The van der Waals surface area contributed by atoms with Gasteiger partial charge in [0, 0.05) is 29.8 Å². The Kier molecular flexibility index (Phi) is 5.70. The van der Waals surface area contributed by atoms with Gasteiger partial charge in [-0.2, -0.15) is 0 Å². The van der Waals surface area contributed by atoms with E-state index in [1.807, 2.05) is 26.8 Å². The number of carbonyl (C=O) groups excluding carboxylic acids is 2. The maximum absolute atomic E-state index is 12.1. The highest BCUT2D eigenvalue weighted by atomic mass is 16.2. The monoisotopic (exact) mass is 277 g/mol. The number of aryl methyl sites for hydroxylation is 1. The van der Waals surface area contributed by atoms with Crippen molar-refractivity contribution in [3.8, 4) is 0 Å². The first-order chi connectivity index (χ1) is 9.35. The van der Waals surface area contributed by atoms with E-state index in [2.05, 4.69) is 10.6 Å². The predicted octanol–water partition coefficient (Wildman–Crippen LogP) is 1.67. The number of rotatable bonds is 5. The van der Waals surface area contributed by atoms with Crippen LogP contribution in [0.25, 0.3) is 0 Å². The standard InChI is InChI=1S/C15H23N3O2/c1-9(2)17-15(20)13-7-12(6-5-10(13)3)18-14(19)11(4)8-16/h5-7,9,11H,8,16H2,1-4H3,(H,17,20)(H,18,19). The lowest BCUT2D eigenvalue weighted by molar-refractivity contribution is -0.119. The molecule has 1 atom stereocenters. The Morgan fingerprint density at radius 3 is 2.45 bits per heavy atom. The third kappa shape index (κ3) is 4.35. The van der Waals surface area contributed by atoms with Crippen molar-refractivity contribution in [3.05, 3.63) is 29.3 Å². The molecule has 0 saturated carbocycles. The van der Waals surface area contributed by atoms with E-state index >= 15 is 0 Å². The lowest BCUT2D eigenvalue weighted by Crippen LogP contribution is -2.31. The van der Waals surface area contributed by atoms with Crippen LogP contribution in [-0.2, 0) is 4.79 Å². The van der Waals surface area contributed by atoms with Crippen molar-refractivity contribution < 1.29 is 9.59 Å². The van der Waals surface area contributed by atoms with Gasteiger partial charge < -0.3 is 16.4 Å². The third-order valence-corrected chi connectivity index (χ3v) is 2.97. The number of hydrogen-bond acceptors (Lipinski definition) is 3. The summed E-state index contributed by atoms with van der Waals surface area (Å²) in [6.45, 7) is 7.72. The number of amides is 2. The first-order valence-corrected chi connectivity index (χ1v) is 6.77. The highest BCUT2D eigenvalue weighted by Gasteiger charge is 2.14. The van der Waals surface area contributed by atoms with Crippen molar-refractivity contribution in [2.45, 2.75) is 33.7 Å². The summed E-state index contributed by atoms with van der Waals surface area (Å²) in [4.78, 5) is 23.9. The second-order valence-electron chi connectivity index (χ2n) is 5.28. The molecule has 0 aliphatic carbocycles. The first-order valence-electron chi connectivity index (χ1n) is 6.77. The third-order valence-electron chi connectivity index (χ3n) is 2.97. The Morgan fingerprint density at radius 1 is 1.25 bits per heavy atom. The summed E-state index contributed by atoms with van der Waals surface area (Å²) in [5.74, 6) is -0.545. The smallest absolute Gasteiger partial charge is 0.251 e. The average Bonchev–Trinajstić information content (AvgIpc) is 2.38. The van der Waals surface area contributed by atoms with Crippen molar-refractivity contribution in [1.82, 2.24) is 5.32 Å². The zero-order chi connectivity index (χ0) is 15.3. The van der Waals surface area contributed by atoms with Crippen LogP contribution >= 0.6 is 0 Å². The molecule has 0 bridgehead atoms. The van der Waals surface area contributed by atoms with Gasteiger partial charge in [0.2, 0.25) is 5.91 Å². The maximum Gasteiger partial charge on any atom is 0.251 e. The van der Waals surface area contributed by atoms with Crippen LogP contribution in [0.1, 0.15) is 36.7 Å². The minimum Gasteiger partial charge on any atom is -0.350 e. The summed E-state index contributed by atoms with van der Waals surface area (Å²) in [6, 6.07) is 5.35. The second-order valence-corrected chi connectivity index (χ2v) is 5.28. The second kappa shape index (κ2) is 7.05. The topological polar surface area (TPSA) is 84.2 Å². The summed E-state index contributed by atoms with van der Waals surface area (Å²) in [7, 11) is 0. The lowest BCUT2D eigenvalue weighted by atomic mass is 10.1. The van der Waals surface area contributed by atoms with Gasteiger partial charge in [0.25, 0.3) is 5.91 Å². The van der Waals surface area contributed by atoms with Crippen LogP contribution in [0.15, 0.2) is 18.2 Å². The first kappa shape index (κ1) is 16.2. The Morgan fingerprint density at radius 2 is 1.90 bits per heavy atom. The highest BCUT2D eigenvalue weighted by molar-refractivity contribution is 5.98. The summed E-state index contributed by atoms with van der Waals surface area (Å²) in [6.07, 6.45) is 0. The van der Waals surface area contributed by atoms with Gasteiger partial charge in [-0.05, 0) is 38.5 Å². The van der Waals surface area contributed by atoms with Crippen LogP contribution in [0.3, 0.4) is 0 Å². The summed E-state index contributed by atoms with van der Waals surface area (Å²) in [5, 5.41) is 5.61. The molecule has 1 aromatic rings. The molecule has 110 valence electrons. The number of nitrogens with two attached hydrogens (primary N) is 1. The minimum atomic E-state index is -0.260. The normalized spacial score (nSPS) is 12.1. The van der Waals surface area contributed by atoms with E-state index in [0.717, 1.165) is 5.56 Å². The van der Waals surface area contributed by atoms with Gasteiger partial charge in [-0.1, -0.05) is 13.0 Å². The van der Waals surface area contributed by atoms with Crippen molar-refractivity contribution in [1.29, 1.82) is 0 Å². The zero-order valence-corrected chi connectivity index (χ0v) is 12.5. The van der Waals surface area contributed by atoms with Crippen LogP contribution in [-0.4, -0.2) is 24.4 Å². The molecule has 2 amide bonds. The van der Waals surface area contributed by atoms with Crippen molar-refractivity contribution in [2.75, 3.05) is 11.9 Å². The largest absolute Gasteiger partial charge is 0.350 e. The number of benzene rings is 1. The molecular formula is C15H23N3O2. The molecule has 4 N–H and O–H groups in total. The molecular weight excluding hydrogens is 254 g/mol. The van der Waals surface area contributed by atoms with E-state index in [4.69, 9.17) is 5.73 Å². The summed E-state index contributed by atoms with van der Waals surface area (Å²) < 4.78 is 0. The lowest BCUT2D eigenvalue weighted by Gasteiger charge is -2.14. The predicted molar refractivity (Wildman–Crippen MR) is 80.6 cm³/mol. The molecule has 0 aromatic heterocycles. The fraction of sp³-hybridized carbons (Fsp3) is 0.467. The average molecular weight is 277 g/mol. The fourth-order valence-corrected chi connectivity index (χ4v) is 1.66. The van der Waals surface area contributed by atoms with Crippen molar-refractivity contribution >= 4 is 17.5 Å². The van der Waals surface area contributed by atoms with Gasteiger partial charge in [-0.15, -0.1) is 0 Å². The van der Waals surface area contributed by atoms with Gasteiger partial charge in [-0.3, -0.25) is 9.59 Å². The van der Waals surface area contributed by atoms with Crippen LogP contribution in [0.5, 0.6) is 0 Å². The van der Waals surface area contributed by atoms with E-state index in [1.54, 1.807) is 19.1 Å². The molecule has 1 unspecified atom stereocenters. The maximum atomic E-state index is 12.1. The van der Waals surface area contributed by atoms with Crippen LogP contribution < -0.4 is 16.4 Å². The molecule has 0 spiro atoms. The molecule has 5 nitrogen and oxygen atoms in total. The zero-order valence-electron chi connectivity index (χ0n) is 12.5. The van der Waals surface area contributed by atoms with E-state index in [9.17, 15) is 9.59 Å². The Balaban J connectivity index is 2.91. The molecule has 0 heterocycles.